The molecule has 1 aliphatic carbocycles. The first-order valence-corrected chi connectivity index (χ1v) is 4.95. The molecule has 0 spiro atoms. The lowest BCUT2D eigenvalue weighted by Crippen LogP contribution is -2.48. The highest BCUT2D eigenvalue weighted by Crippen LogP contribution is 2.36. The lowest BCUT2D eigenvalue weighted by Gasteiger charge is -2.40. The monoisotopic (exact) mass is 171 g/mol. The van der Waals surface area contributed by atoms with Gasteiger partial charge in [-0.3, -0.25) is 0 Å². The number of nitrogens with one attached hydrogen (secondary N) is 1. The molecule has 0 bridgehead atoms. The molecule has 2 N–H and O–H groups in total. The van der Waals surface area contributed by atoms with Crippen molar-refractivity contribution in [1.29, 1.82) is 0 Å². The Labute approximate surface area is 75.4 Å². The third kappa shape index (κ3) is 1.99. The first kappa shape index (κ1) is 10.0. The predicted octanol–water partition coefficient (Wildman–Crippen LogP) is 1.39. The third-order valence-corrected chi connectivity index (χ3v) is 3.19. The molecular weight excluding hydrogens is 150 g/mol. The van der Waals surface area contributed by atoms with Crippen LogP contribution < -0.4 is 5.32 Å². The van der Waals surface area contributed by atoms with E-state index < -0.39 is 5.60 Å². The Hall–Kier alpha value is -0.0800. The van der Waals surface area contributed by atoms with Gasteiger partial charge >= 0.3 is 0 Å². The molecule has 0 heterocycles. The van der Waals surface area contributed by atoms with Crippen LogP contribution in [0.5, 0.6) is 0 Å². The summed E-state index contributed by atoms with van der Waals surface area (Å²) in [5.41, 5.74) is -0.452. The Bertz CT molecular complexity index is 149. The van der Waals surface area contributed by atoms with Crippen LogP contribution in [0, 0.1) is 11.8 Å². The fourth-order valence-corrected chi connectivity index (χ4v) is 2.26. The molecule has 0 aliphatic heterocycles. The molecule has 3 unspecified atom stereocenters. The van der Waals surface area contributed by atoms with Crippen LogP contribution in [-0.2, 0) is 0 Å². The quantitative estimate of drug-likeness (QED) is 0.658. The summed E-state index contributed by atoms with van der Waals surface area (Å²) in [5, 5.41) is 13.3. The second-order valence-corrected chi connectivity index (χ2v) is 4.42. The van der Waals surface area contributed by atoms with Crippen LogP contribution in [0.3, 0.4) is 0 Å². The van der Waals surface area contributed by atoms with E-state index in [1.54, 1.807) is 0 Å². The Kier molecular flexibility index (Phi) is 3.13. The average Bonchev–Trinajstić information content (AvgIpc) is 1.98. The second kappa shape index (κ2) is 3.75. The summed E-state index contributed by atoms with van der Waals surface area (Å²) < 4.78 is 0. The van der Waals surface area contributed by atoms with Gasteiger partial charge < -0.3 is 10.4 Å². The molecule has 0 aromatic carbocycles. The van der Waals surface area contributed by atoms with Crippen LogP contribution in [-0.4, -0.2) is 24.3 Å². The van der Waals surface area contributed by atoms with Crippen molar-refractivity contribution in [2.24, 2.45) is 11.8 Å². The molecule has 0 aromatic rings. The van der Waals surface area contributed by atoms with E-state index in [0.29, 0.717) is 11.8 Å². The normalized spacial score (nSPS) is 43.0. The predicted molar refractivity (Wildman–Crippen MR) is 51.1 cm³/mol. The van der Waals surface area contributed by atoms with Gasteiger partial charge in [-0.2, -0.15) is 0 Å². The molecule has 1 fully saturated rings. The van der Waals surface area contributed by atoms with Crippen molar-refractivity contribution in [3.05, 3.63) is 0 Å². The minimum Gasteiger partial charge on any atom is -0.388 e. The van der Waals surface area contributed by atoms with Crippen molar-refractivity contribution in [1.82, 2.24) is 5.32 Å². The summed E-state index contributed by atoms with van der Waals surface area (Å²) >= 11 is 0. The highest BCUT2D eigenvalue weighted by Gasteiger charge is 2.37. The van der Waals surface area contributed by atoms with E-state index in [-0.39, 0.29) is 0 Å². The number of rotatable bonds is 2. The molecule has 0 saturated heterocycles. The van der Waals surface area contributed by atoms with Crippen molar-refractivity contribution >= 4 is 0 Å². The summed E-state index contributed by atoms with van der Waals surface area (Å²) in [6, 6.07) is 0. The van der Waals surface area contributed by atoms with Gasteiger partial charge in [0.1, 0.15) is 0 Å². The lowest BCUT2D eigenvalue weighted by atomic mass is 9.72. The number of aliphatic hydroxyl groups is 1. The van der Waals surface area contributed by atoms with E-state index in [1.807, 2.05) is 7.05 Å². The largest absolute Gasteiger partial charge is 0.388 e. The summed E-state index contributed by atoms with van der Waals surface area (Å²) in [5.74, 6) is 1.13. The molecule has 2 nitrogen and oxygen atoms in total. The van der Waals surface area contributed by atoms with Gasteiger partial charge in [-0.15, -0.1) is 0 Å². The van der Waals surface area contributed by atoms with E-state index in [4.69, 9.17) is 0 Å². The molecule has 0 aromatic heterocycles. The molecule has 72 valence electrons. The number of likely N-dealkylation sites (N-methyl/N-ethyl adjacent to an activating group) is 1. The summed E-state index contributed by atoms with van der Waals surface area (Å²) in [4.78, 5) is 0. The molecule has 1 aliphatic rings. The van der Waals surface area contributed by atoms with Crippen LogP contribution in [0.15, 0.2) is 0 Å². The van der Waals surface area contributed by atoms with Gasteiger partial charge in [-0.1, -0.05) is 20.3 Å². The van der Waals surface area contributed by atoms with Crippen LogP contribution in [0.4, 0.5) is 0 Å². The first-order valence-electron chi connectivity index (χ1n) is 4.95. The van der Waals surface area contributed by atoms with Gasteiger partial charge in [0.15, 0.2) is 0 Å². The van der Waals surface area contributed by atoms with E-state index in [2.05, 4.69) is 19.2 Å². The Balaban J connectivity index is 2.57. The molecule has 0 amide bonds. The standard InChI is InChI=1S/C10H21NO/c1-8-4-5-9(2)10(12,6-8)7-11-3/h8-9,11-12H,4-7H2,1-3H3. The maximum absolute atomic E-state index is 10.2. The molecule has 1 rings (SSSR count). The Morgan fingerprint density at radius 2 is 2.08 bits per heavy atom. The van der Waals surface area contributed by atoms with Gasteiger partial charge in [0.2, 0.25) is 0 Å². The smallest absolute Gasteiger partial charge is 0.0799 e. The van der Waals surface area contributed by atoms with E-state index in [9.17, 15) is 5.11 Å². The SMILES string of the molecule is CNCC1(O)CC(C)CCC1C. The second-order valence-electron chi connectivity index (χ2n) is 4.42. The van der Waals surface area contributed by atoms with Crippen LogP contribution in [0.1, 0.15) is 33.1 Å². The van der Waals surface area contributed by atoms with E-state index in [0.717, 1.165) is 13.0 Å². The zero-order valence-corrected chi connectivity index (χ0v) is 8.43. The fourth-order valence-electron chi connectivity index (χ4n) is 2.26. The molecule has 2 heteroatoms. The van der Waals surface area contributed by atoms with Crippen molar-refractivity contribution < 1.29 is 5.11 Å². The highest BCUT2D eigenvalue weighted by molar-refractivity contribution is 4.91. The third-order valence-electron chi connectivity index (χ3n) is 3.19. The summed E-state index contributed by atoms with van der Waals surface area (Å²) in [7, 11) is 1.91. The summed E-state index contributed by atoms with van der Waals surface area (Å²) in [6.07, 6.45) is 3.39. The first-order chi connectivity index (χ1) is 5.58. The average molecular weight is 171 g/mol. The minimum atomic E-state index is -0.452. The maximum atomic E-state index is 10.2. The van der Waals surface area contributed by atoms with Crippen LogP contribution in [0.25, 0.3) is 0 Å². The molecule has 3 atom stereocenters. The zero-order valence-electron chi connectivity index (χ0n) is 8.43. The molecule has 12 heavy (non-hydrogen) atoms. The van der Waals surface area contributed by atoms with E-state index in [1.165, 1.54) is 12.8 Å². The van der Waals surface area contributed by atoms with Gasteiger partial charge in [-0.05, 0) is 31.7 Å². The lowest BCUT2D eigenvalue weighted by molar-refractivity contribution is -0.0534. The molecule has 0 radical (unpaired) electrons. The van der Waals surface area contributed by atoms with Gasteiger partial charge in [0, 0.05) is 6.54 Å². The Morgan fingerprint density at radius 3 is 2.67 bits per heavy atom. The van der Waals surface area contributed by atoms with Gasteiger partial charge in [0.05, 0.1) is 5.60 Å². The van der Waals surface area contributed by atoms with E-state index >= 15 is 0 Å². The number of hydrogen-bond donors (Lipinski definition) is 2. The zero-order chi connectivity index (χ0) is 9.19. The van der Waals surface area contributed by atoms with Gasteiger partial charge in [0.25, 0.3) is 0 Å². The van der Waals surface area contributed by atoms with Crippen molar-refractivity contribution in [2.75, 3.05) is 13.6 Å². The van der Waals surface area contributed by atoms with Crippen molar-refractivity contribution in [2.45, 2.75) is 38.7 Å². The maximum Gasteiger partial charge on any atom is 0.0799 e. The highest BCUT2D eigenvalue weighted by atomic mass is 16.3. The van der Waals surface area contributed by atoms with Crippen LogP contribution >= 0.6 is 0 Å². The molecule has 1 saturated carbocycles. The van der Waals surface area contributed by atoms with Gasteiger partial charge in [-0.25, -0.2) is 0 Å². The fraction of sp³-hybridized carbons (Fsp3) is 1.00. The van der Waals surface area contributed by atoms with Crippen LogP contribution in [0.2, 0.25) is 0 Å². The van der Waals surface area contributed by atoms with Crippen molar-refractivity contribution in [3.63, 3.8) is 0 Å². The molecular formula is C10H21NO. The number of hydrogen-bond acceptors (Lipinski definition) is 2. The topological polar surface area (TPSA) is 32.3 Å². The Morgan fingerprint density at radius 1 is 1.42 bits per heavy atom. The van der Waals surface area contributed by atoms with Crippen molar-refractivity contribution in [3.8, 4) is 0 Å². The summed E-state index contributed by atoms with van der Waals surface area (Å²) in [6.45, 7) is 5.12. The minimum absolute atomic E-state index is 0.446.